The zero-order valence-corrected chi connectivity index (χ0v) is 38.4. The van der Waals surface area contributed by atoms with Gasteiger partial charge in [-0.25, -0.2) is 0 Å². The fraction of sp³-hybridized carbons (Fsp3) is 0.564. The second-order valence-electron chi connectivity index (χ2n) is 14.9. The number of esters is 2. The van der Waals surface area contributed by atoms with Gasteiger partial charge in [-0.3, -0.25) is 9.59 Å². The van der Waals surface area contributed by atoms with Crippen LogP contribution in [0.4, 0.5) is 0 Å². The number of rotatable bonds is 41. The minimum atomic E-state index is -0.607. The van der Waals surface area contributed by atoms with Gasteiger partial charge in [-0.05, 0) is 116 Å². The van der Waals surface area contributed by atoms with Crippen molar-refractivity contribution >= 4 is 11.9 Å². The highest BCUT2D eigenvalue weighted by Crippen LogP contribution is 2.10. The van der Waals surface area contributed by atoms with Crippen LogP contribution in [0.5, 0.6) is 0 Å². The summed E-state index contributed by atoms with van der Waals surface area (Å²) in [7, 11) is 0. The van der Waals surface area contributed by atoms with Crippen molar-refractivity contribution in [3.63, 3.8) is 0 Å². The third-order valence-corrected chi connectivity index (χ3v) is 9.18. The summed E-state index contributed by atoms with van der Waals surface area (Å²) in [6, 6.07) is 0. The van der Waals surface area contributed by atoms with Crippen LogP contribution in [-0.2, 0) is 23.8 Å². The number of allylic oxidation sites excluding steroid dienone is 22. The van der Waals surface area contributed by atoms with Crippen LogP contribution in [0.3, 0.4) is 0 Å². The number of hydrogen-bond donors (Lipinski definition) is 0. The van der Waals surface area contributed by atoms with E-state index >= 15 is 0 Å². The molecule has 0 aromatic heterocycles. The quantitative estimate of drug-likeness (QED) is 0.0349. The van der Waals surface area contributed by atoms with Crippen LogP contribution in [0, 0.1) is 0 Å². The minimum absolute atomic E-state index is 0.0203. The second kappa shape index (κ2) is 49.4. The topological polar surface area (TPSA) is 61.8 Å². The van der Waals surface area contributed by atoms with Gasteiger partial charge in [0.05, 0.1) is 6.61 Å². The molecule has 0 aromatic rings. The Hall–Kier alpha value is -3.96. The lowest BCUT2D eigenvalue weighted by atomic mass is 10.1. The highest BCUT2D eigenvalue weighted by molar-refractivity contribution is 5.70. The summed E-state index contributed by atoms with van der Waals surface area (Å²) in [5.41, 5.74) is 0. The highest BCUT2D eigenvalue weighted by atomic mass is 16.6. The Bertz CT molecular complexity index is 1300. The Morgan fingerprint density at radius 3 is 1.18 bits per heavy atom. The Kier molecular flexibility index (Phi) is 46.1. The molecule has 0 heterocycles. The van der Waals surface area contributed by atoms with E-state index in [4.69, 9.17) is 14.2 Å². The molecular weight excluding hydrogens is 741 g/mol. The van der Waals surface area contributed by atoms with Crippen molar-refractivity contribution in [3.8, 4) is 0 Å². The molecule has 60 heavy (non-hydrogen) atoms. The van der Waals surface area contributed by atoms with Crippen LogP contribution >= 0.6 is 0 Å². The van der Waals surface area contributed by atoms with Gasteiger partial charge in [-0.1, -0.05) is 180 Å². The van der Waals surface area contributed by atoms with Gasteiger partial charge in [-0.15, -0.1) is 0 Å². The molecule has 1 atom stereocenters. The first kappa shape index (κ1) is 56.0. The van der Waals surface area contributed by atoms with Gasteiger partial charge in [0.25, 0.3) is 0 Å². The van der Waals surface area contributed by atoms with Gasteiger partial charge in [-0.2, -0.15) is 0 Å². The van der Waals surface area contributed by atoms with Crippen molar-refractivity contribution in [2.45, 2.75) is 181 Å². The second-order valence-corrected chi connectivity index (χ2v) is 14.9. The van der Waals surface area contributed by atoms with E-state index in [1.165, 1.54) is 25.7 Å². The van der Waals surface area contributed by atoms with Crippen molar-refractivity contribution in [2.75, 3.05) is 19.8 Å². The van der Waals surface area contributed by atoms with Gasteiger partial charge in [0.2, 0.25) is 0 Å². The van der Waals surface area contributed by atoms with Gasteiger partial charge in [0.15, 0.2) is 6.10 Å². The highest BCUT2D eigenvalue weighted by Gasteiger charge is 2.17. The van der Waals surface area contributed by atoms with E-state index < -0.39 is 6.10 Å². The summed E-state index contributed by atoms with van der Waals surface area (Å²) in [5, 5.41) is 0. The molecule has 0 aliphatic carbocycles. The lowest BCUT2D eigenvalue weighted by Gasteiger charge is -2.18. The summed E-state index contributed by atoms with van der Waals surface area (Å²) < 4.78 is 17.2. The number of ether oxygens (including phenoxy) is 3. The van der Waals surface area contributed by atoms with Crippen molar-refractivity contribution in [1.29, 1.82) is 0 Å². The molecule has 0 saturated carbocycles. The molecule has 0 amide bonds. The Morgan fingerprint density at radius 1 is 0.367 bits per heavy atom. The average molecular weight is 827 g/mol. The van der Waals surface area contributed by atoms with Crippen LogP contribution < -0.4 is 0 Å². The average Bonchev–Trinajstić information content (AvgIpc) is 3.25. The van der Waals surface area contributed by atoms with E-state index in [1.807, 2.05) is 6.08 Å². The predicted molar refractivity (Wildman–Crippen MR) is 260 cm³/mol. The van der Waals surface area contributed by atoms with Gasteiger partial charge >= 0.3 is 11.9 Å². The first-order chi connectivity index (χ1) is 29.6. The third-order valence-electron chi connectivity index (χ3n) is 9.18. The van der Waals surface area contributed by atoms with E-state index in [-0.39, 0.29) is 31.6 Å². The zero-order valence-electron chi connectivity index (χ0n) is 38.4. The Morgan fingerprint density at radius 2 is 0.733 bits per heavy atom. The van der Waals surface area contributed by atoms with E-state index in [2.05, 4.69) is 148 Å². The molecule has 0 aromatic carbocycles. The van der Waals surface area contributed by atoms with Crippen molar-refractivity contribution in [3.05, 3.63) is 134 Å². The maximum Gasteiger partial charge on any atom is 0.306 e. The fourth-order valence-electron chi connectivity index (χ4n) is 5.76. The number of hydrogen-bond acceptors (Lipinski definition) is 5. The maximum absolute atomic E-state index is 12.7. The summed E-state index contributed by atoms with van der Waals surface area (Å²) in [4.78, 5) is 25.3. The summed E-state index contributed by atoms with van der Waals surface area (Å²) >= 11 is 0. The normalized spacial score (nSPS) is 13.4. The van der Waals surface area contributed by atoms with E-state index in [0.717, 1.165) is 109 Å². The smallest absolute Gasteiger partial charge is 0.306 e. The molecule has 5 heteroatoms. The standard InChI is InChI=1S/C55H86O5/c1-4-7-10-13-16-19-22-25-27-29-32-35-38-41-44-47-50-58-51-53(60-55(57)49-46-43-40-37-34-30-24-21-18-15-12-9-6-3)52-59-54(56)48-45-42-39-36-33-31-28-26-23-20-17-14-11-8-5-2/h7-12,16-21,25-28,30,33-34,36,40,43,53H,4-6,13-15,22-24,29,31-32,35,37-39,41-42,44-52H2,1-3H3/b10-7-,11-8-,12-9-,19-16-,20-17-,21-18-,27-25-,28-26-,34-30-,36-33-,43-40-. The summed E-state index contributed by atoms with van der Waals surface area (Å²) in [6.07, 6.45) is 70.4. The van der Waals surface area contributed by atoms with Crippen molar-refractivity contribution < 1.29 is 23.8 Å². The molecule has 336 valence electrons. The summed E-state index contributed by atoms with van der Waals surface area (Å²) in [5.74, 6) is -0.560. The molecule has 1 unspecified atom stereocenters. The molecule has 0 saturated heterocycles. The van der Waals surface area contributed by atoms with Crippen molar-refractivity contribution in [2.24, 2.45) is 0 Å². The SMILES string of the molecule is CC/C=C\C/C=C\C/C=C\C/C=C\CCCCC(=O)OCC(COCCCCCCCC/C=C\C/C=C\C/C=C\CC)OC(=O)CC/C=C\C/C=C\C/C=C\C/C=C\CC. The van der Waals surface area contributed by atoms with Crippen molar-refractivity contribution in [1.82, 2.24) is 0 Å². The molecule has 0 aliphatic rings. The number of unbranched alkanes of at least 4 members (excludes halogenated alkanes) is 8. The third kappa shape index (κ3) is 46.7. The summed E-state index contributed by atoms with van der Waals surface area (Å²) in [6.45, 7) is 7.30. The molecule has 0 rings (SSSR count). The van der Waals surface area contributed by atoms with Crippen LogP contribution in [0.1, 0.15) is 175 Å². The first-order valence-corrected chi connectivity index (χ1v) is 23.7. The molecule has 0 bridgehead atoms. The molecule has 0 aliphatic heterocycles. The molecule has 0 radical (unpaired) electrons. The van der Waals surface area contributed by atoms with Gasteiger partial charge in [0.1, 0.15) is 6.61 Å². The van der Waals surface area contributed by atoms with E-state index in [0.29, 0.717) is 19.4 Å². The molecule has 0 N–H and O–H groups in total. The van der Waals surface area contributed by atoms with Gasteiger partial charge < -0.3 is 14.2 Å². The van der Waals surface area contributed by atoms with E-state index in [9.17, 15) is 9.59 Å². The molecule has 5 nitrogen and oxygen atoms in total. The monoisotopic (exact) mass is 827 g/mol. The van der Waals surface area contributed by atoms with E-state index in [1.54, 1.807) is 0 Å². The first-order valence-electron chi connectivity index (χ1n) is 23.7. The Labute approximate surface area is 369 Å². The minimum Gasteiger partial charge on any atom is -0.462 e. The molecule has 0 spiro atoms. The number of carbonyl (C=O) groups excluding carboxylic acids is 2. The van der Waals surface area contributed by atoms with Crippen LogP contribution in [0.2, 0.25) is 0 Å². The van der Waals surface area contributed by atoms with Gasteiger partial charge in [0, 0.05) is 19.4 Å². The lowest BCUT2D eigenvalue weighted by molar-refractivity contribution is -0.162. The molecule has 0 fully saturated rings. The number of carbonyl (C=O) groups is 2. The predicted octanol–water partition coefficient (Wildman–Crippen LogP) is 16.0. The zero-order chi connectivity index (χ0) is 43.5. The van der Waals surface area contributed by atoms with Crippen LogP contribution in [0.25, 0.3) is 0 Å². The Balaban J connectivity index is 4.48. The molecular formula is C55H86O5. The van der Waals surface area contributed by atoms with Crippen LogP contribution in [0.15, 0.2) is 134 Å². The lowest BCUT2D eigenvalue weighted by Crippen LogP contribution is -2.30. The maximum atomic E-state index is 12.7. The van der Waals surface area contributed by atoms with Crippen LogP contribution in [-0.4, -0.2) is 37.9 Å². The largest absolute Gasteiger partial charge is 0.462 e. The fourth-order valence-corrected chi connectivity index (χ4v) is 5.76.